The molecule has 2 aromatic rings. The molecule has 2 aromatic carbocycles. The Labute approximate surface area is 161 Å². The van der Waals surface area contributed by atoms with Crippen molar-refractivity contribution >= 4 is 29.3 Å². The third-order valence-electron chi connectivity index (χ3n) is 3.84. The molecule has 0 unspecified atom stereocenters. The fourth-order valence-corrected chi connectivity index (χ4v) is 2.69. The highest BCUT2D eigenvalue weighted by molar-refractivity contribution is 6.31. The molecule has 28 heavy (non-hydrogen) atoms. The summed E-state index contributed by atoms with van der Waals surface area (Å²) < 4.78 is 5.77. The van der Waals surface area contributed by atoms with E-state index in [1.54, 1.807) is 57.2 Å². The van der Waals surface area contributed by atoms with Gasteiger partial charge in [0.1, 0.15) is 11.2 Å². The van der Waals surface area contributed by atoms with Crippen molar-refractivity contribution in [1.29, 1.82) is 0 Å². The van der Waals surface area contributed by atoms with Crippen LogP contribution in [0.4, 0.5) is 11.4 Å². The molecule has 0 spiro atoms. The summed E-state index contributed by atoms with van der Waals surface area (Å²) in [7, 11) is 0. The van der Waals surface area contributed by atoms with Gasteiger partial charge in [-0.1, -0.05) is 30.3 Å². The number of hydrogen-bond acceptors (Lipinski definition) is 5. The number of nitrogens with one attached hydrogen (secondary N) is 1. The molecule has 0 aromatic heterocycles. The van der Waals surface area contributed by atoms with Crippen molar-refractivity contribution in [2.75, 3.05) is 5.01 Å². The standard InChI is InChI=1S/C20H19N3O5/c1-20(2,3)28-17-13(8-7-11-16(17)23(26)27)12-15-18(24)21-22(19(15)25)14-9-5-4-6-10-14/h4-12H,1-3H3,(H,21,24). The number of hydrogen-bond donors (Lipinski definition) is 1. The van der Waals surface area contributed by atoms with Gasteiger partial charge in [0.2, 0.25) is 5.75 Å². The Morgan fingerprint density at radius 3 is 2.36 bits per heavy atom. The molecular formula is C20H19N3O5. The monoisotopic (exact) mass is 381 g/mol. The number of rotatable bonds is 4. The number of nitro groups is 1. The molecule has 1 N–H and O–H groups in total. The molecule has 0 aliphatic carbocycles. The maximum Gasteiger partial charge on any atom is 0.311 e. The third kappa shape index (κ3) is 3.85. The van der Waals surface area contributed by atoms with Crippen LogP contribution in [0.3, 0.4) is 0 Å². The number of anilines is 1. The molecule has 0 saturated carbocycles. The molecule has 144 valence electrons. The summed E-state index contributed by atoms with van der Waals surface area (Å²) in [6.07, 6.45) is 1.31. The summed E-state index contributed by atoms with van der Waals surface area (Å²) >= 11 is 0. The van der Waals surface area contributed by atoms with Crippen LogP contribution >= 0.6 is 0 Å². The van der Waals surface area contributed by atoms with Gasteiger partial charge in [0.15, 0.2) is 0 Å². The molecule has 1 saturated heterocycles. The van der Waals surface area contributed by atoms with Crippen LogP contribution in [-0.4, -0.2) is 22.3 Å². The van der Waals surface area contributed by atoms with Crippen molar-refractivity contribution in [1.82, 2.24) is 5.43 Å². The van der Waals surface area contributed by atoms with Crippen LogP contribution in [0.2, 0.25) is 0 Å². The Morgan fingerprint density at radius 1 is 1.07 bits per heavy atom. The lowest BCUT2D eigenvalue weighted by molar-refractivity contribution is -0.386. The fraction of sp³-hybridized carbons (Fsp3) is 0.200. The molecule has 1 heterocycles. The molecule has 1 aliphatic rings. The van der Waals surface area contributed by atoms with Crippen LogP contribution in [0.5, 0.6) is 5.75 Å². The van der Waals surface area contributed by atoms with Gasteiger partial charge < -0.3 is 4.74 Å². The smallest absolute Gasteiger partial charge is 0.311 e. The first-order chi connectivity index (χ1) is 13.2. The minimum absolute atomic E-state index is 0.00580. The number of nitrogens with zero attached hydrogens (tertiary/aromatic N) is 2. The molecule has 8 heteroatoms. The SMILES string of the molecule is CC(C)(C)Oc1c(C=C2C(=O)NN(c3ccccc3)C2=O)cccc1[N+](=O)[O-]. The second-order valence-electron chi connectivity index (χ2n) is 7.14. The predicted molar refractivity (Wildman–Crippen MR) is 104 cm³/mol. The van der Waals surface area contributed by atoms with Gasteiger partial charge in [0, 0.05) is 11.6 Å². The summed E-state index contributed by atoms with van der Waals surface area (Å²) in [6, 6.07) is 13.0. The van der Waals surface area contributed by atoms with Gasteiger partial charge >= 0.3 is 5.69 Å². The van der Waals surface area contributed by atoms with E-state index in [-0.39, 0.29) is 22.6 Å². The van der Waals surface area contributed by atoms with Crippen molar-refractivity contribution < 1.29 is 19.2 Å². The normalized spacial score (nSPS) is 15.7. The summed E-state index contributed by atoms with van der Waals surface area (Å²) in [5.41, 5.74) is 2.19. The second kappa shape index (κ2) is 7.15. The minimum atomic E-state index is -0.711. The number of carbonyl (C=O) groups excluding carboxylic acids is 2. The van der Waals surface area contributed by atoms with Gasteiger partial charge in [0.25, 0.3) is 11.8 Å². The lowest BCUT2D eigenvalue weighted by atomic mass is 10.1. The highest BCUT2D eigenvalue weighted by Gasteiger charge is 2.35. The van der Waals surface area contributed by atoms with E-state index in [4.69, 9.17) is 4.74 Å². The summed E-state index contributed by atoms with van der Waals surface area (Å²) in [5.74, 6) is -1.14. The van der Waals surface area contributed by atoms with Crippen LogP contribution in [0.25, 0.3) is 6.08 Å². The van der Waals surface area contributed by atoms with Crippen molar-refractivity contribution in [2.24, 2.45) is 0 Å². The zero-order chi connectivity index (χ0) is 20.5. The zero-order valence-corrected chi connectivity index (χ0v) is 15.6. The van der Waals surface area contributed by atoms with E-state index in [0.717, 1.165) is 5.01 Å². The molecule has 3 rings (SSSR count). The maximum absolute atomic E-state index is 12.7. The van der Waals surface area contributed by atoms with E-state index in [0.29, 0.717) is 5.69 Å². The van der Waals surface area contributed by atoms with Gasteiger partial charge in [0.05, 0.1) is 10.6 Å². The van der Waals surface area contributed by atoms with Crippen molar-refractivity contribution in [3.63, 3.8) is 0 Å². The van der Waals surface area contributed by atoms with E-state index in [1.807, 2.05) is 0 Å². The molecule has 0 bridgehead atoms. The molecule has 2 amide bonds. The molecular weight excluding hydrogens is 362 g/mol. The van der Waals surface area contributed by atoms with Gasteiger partial charge in [-0.25, -0.2) is 5.01 Å². The molecule has 0 atom stereocenters. The number of carbonyl (C=O) groups is 2. The van der Waals surface area contributed by atoms with Crippen molar-refractivity contribution in [3.05, 3.63) is 69.8 Å². The highest BCUT2D eigenvalue weighted by Crippen LogP contribution is 2.35. The first-order valence-electron chi connectivity index (χ1n) is 8.56. The van der Waals surface area contributed by atoms with Crippen molar-refractivity contribution in [2.45, 2.75) is 26.4 Å². The largest absolute Gasteiger partial charge is 0.481 e. The minimum Gasteiger partial charge on any atom is -0.481 e. The van der Waals surface area contributed by atoms with Crippen LogP contribution in [-0.2, 0) is 9.59 Å². The Morgan fingerprint density at radius 2 is 1.75 bits per heavy atom. The Kier molecular flexibility index (Phi) is 4.87. The maximum atomic E-state index is 12.7. The molecule has 8 nitrogen and oxygen atoms in total. The lowest BCUT2D eigenvalue weighted by Crippen LogP contribution is -2.35. The average molecular weight is 381 g/mol. The van der Waals surface area contributed by atoms with Crippen LogP contribution in [0.1, 0.15) is 26.3 Å². The number of ether oxygens (including phenoxy) is 1. The van der Waals surface area contributed by atoms with E-state index < -0.39 is 22.3 Å². The first-order valence-corrected chi connectivity index (χ1v) is 8.56. The van der Waals surface area contributed by atoms with Gasteiger partial charge in [-0.3, -0.25) is 25.1 Å². The van der Waals surface area contributed by atoms with Crippen molar-refractivity contribution in [3.8, 4) is 5.75 Å². The molecule has 1 aliphatic heterocycles. The topological polar surface area (TPSA) is 102 Å². The number of amides is 2. The molecule has 1 fully saturated rings. The average Bonchev–Trinajstić information content (AvgIpc) is 2.90. The van der Waals surface area contributed by atoms with Gasteiger partial charge in [-0.15, -0.1) is 0 Å². The van der Waals surface area contributed by atoms with Gasteiger partial charge in [-0.05, 0) is 39.0 Å². The summed E-state index contributed by atoms with van der Waals surface area (Å²) in [5, 5.41) is 12.5. The predicted octanol–water partition coefficient (Wildman–Crippen LogP) is 3.23. The summed E-state index contributed by atoms with van der Waals surface area (Å²) in [6.45, 7) is 5.27. The van der Waals surface area contributed by atoms with E-state index >= 15 is 0 Å². The fourth-order valence-electron chi connectivity index (χ4n) is 2.69. The van der Waals surface area contributed by atoms with E-state index in [9.17, 15) is 19.7 Å². The zero-order valence-electron chi connectivity index (χ0n) is 15.6. The van der Waals surface area contributed by atoms with Crippen LogP contribution in [0.15, 0.2) is 54.1 Å². The van der Waals surface area contributed by atoms with Gasteiger partial charge in [-0.2, -0.15) is 0 Å². The number of benzene rings is 2. The second-order valence-corrected chi connectivity index (χ2v) is 7.14. The first kappa shape index (κ1) is 19.1. The van der Waals surface area contributed by atoms with E-state index in [2.05, 4.69) is 5.43 Å². The number of nitro benzene ring substituents is 1. The Balaban J connectivity index is 2.06. The summed E-state index contributed by atoms with van der Waals surface area (Å²) in [4.78, 5) is 36.0. The Bertz CT molecular complexity index is 977. The Hall–Kier alpha value is -3.68. The van der Waals surface area contributed by atoms with E-state index in [1.165, 1.54) is 18.2 Å². The number of para-hydroxylation sites is 2. The third-order valence-corrected chi connectivity index (χ3v) is 3.84. The highest BCUT2D eigenvalue weighted by atomic mass is 16.6. The molecule has 0 radical (unpaired) electrons. The quantitative estimate of drug-likeness (QED) is 0.379. The van der Waals surface area contributed by atoms with Crippen LogP contribution in [0, 0.1) is 10.1 Å². The lowest BCUT2D eigenvalue weighted by Gasteiger charge is -2.22. The van der Waals surface area contributed by atoms with Crippen LogP contribution < -0.4 is 15.2 Å². The number of hydrazine groups is 1.